The van der Waals surface area contributed by atoms with Gasteiger partial charge >= 0.3 is 0 Å². The standard InChI is InChI=1S/C15H17N3O2/c19-14-9-16-7-12(14)8-18-15(20)11-3-4-13-10(6-11)2-1-5-17-13/h1-6,12,14,16,19H,7-9H2,(H,18,20). The number of nitrogens with one attached hydrogen (secondary N) is 2. The Hall–Kier alpha value is -1.98. The van der Waals surface area contributed by atoms with Crippen molar-refractivity contribution >= 4 is 16.8 Å². The molecular weight excluding hydrogens is 254 g/mol. The number of aliphatic hydroxyl groups excluding tert-OH is 1. The molecule has 1 fully saturated rings. The second kappa shape index (κ2) is 5.56. The number of rotatable bonds is 3. The summed E-state index contributed by atoms with van der Waals surface area (Å²) in [6.07, 6.45) is 1.35. The summed E-state index contributed by atoms with van der Waals surface area (Å²) in [4.78, 5) is 16.3. The first-order valence-corrected chi connectivity index (χ1v) is 6.76. The van der Waals surface area contributed by atoms with E-state index in [1.54, 1.807) is 12.3 Å². The molecule has 0 saturated carbocycles. The van der Waals surface area contributed by atoms with Crippen LogP contribution in [-0.2, 0) is 0 Å². The topological polar surface area (TPSA) is 74.2 Å². The first kappa shape index (κ1) is 13.0. The lowest BCUT2D eigenvalue weighted by Crippen LogP contribution is -2.34. The summed E-state index contributed by atoms with van der Waals surface area (Å²) in [5.41, 5.74) is 1.49. The fraction of sp³-hybridized carbons (Fsp3) is 0.333. The molecule has 1 aliphatic rings. The maximum Gasteiger partial charge on any atom is 0.251 e. The molecule has 2 atom stereocenters. The SMILES string of the molecule is O=C(NCC1CNCC1O)c1ccc2ncccc2c1. The Kier molecular flexibility index (Phi) is 3.62. The highest BCUT2D eigenvalue weighted by Crippen LogP contribution is 2.13. The average Bonchev–Trinajstić information content (AvgIpc) is 2.89. The molecule has 1 saturated heterocycles. The van der Waals surface area contributed by atoms with E-state index in [0.717, 1.165) is 17.4 Å². The van der Waals surface area contributed by atoms with Gasteiger partial charge in [0.05, 0.1) is 11.6 Å². The van der Waals surface area contributed by atoms with Crippen LogP contribution in [0, 0.1) is 5.92 Å². The minimum atomic E-state index is -0.379. The quantitative estimate of drug-likeness (QED) is 0.762. The molecule has 2 aromatic rings. The zero-order valence-corrected chi connectivity index (χ0v) is 11.0. The highest BCUT2D eigenvalue weighted by molar-refractivity contribution is 5.97. The number of hydrogen-bond acceptors (Lipinski definition) is 4. The number of aliphatic hydroxyl groups is 1. The van der Waals surface area contributed by atoms with Gasteiger partial charge in [0.15, 0.2) is 0 Å². The minimum Gasteiger partial charge on any atom is -0.391 e. The van der Waals surface area contributed by atoms with Crippen LogP contribution < -0.4 is 10.6 Å². The van der Waals surface area contributed by atoms with Gasteiger partial charge in [-0.15, -0.1) is 0 Å². The Balaban J connectivity index is 1.69. The highest BCUT2D eigenvalue weighted by Gasteiger charge is 2.25. The lowest BCUT2D eigenvalue weighted by molar-refractivity contribution is 0.0927. The highest BCUT2D eigenvalue weighted by atomic mass is 16.3. The molecule has 0 spiro atoms. The van der Waals surface area contributed by atoms with Crippen LogP contribution in [0.25, 0.3) is 10.9 Å². The number of fused-ring (bicyclic) bond motifs is 1. The Morgan fingerprint density at radius 3 is 3.10 bits per heavy atom. The zero-order chi connectivity index (χ0) is 13.9. The van der Waals surface area contributed by atoms with Gasteiger partial charge < -0.3 is 15.7 Å². The van der Waals surface area contributed by atoms with Crippen molar-refractivity contribution in [3.05, 3.63) is 42.1 Å². The maximum absolute atomic E-state index is 12.1. The fourth-order valence-corrected chi connectivity index (χ4v) is 2.47. The summed E-state index contributed by atoms with van der Waals surface area (Å²) in [6.45, 7) is 1.82. The Morgan fingerprint density at radius 1 is 1.40 bits per heavy atom. The molecule has 5 nitrogen and oxygen atoms in total. The second-order valence-electron chi connectivity index (χ2n) is 5.11. The van der Waals surface area contributed by atoms with Gasteiger partial charge in [0.25, 0.3) is 5.91 Å². The largest absolute Gasteiger partial charge is 0.391 e. The molecule has 1 aromatic heterocycles. The third-order valence-corrected chi connectivity index (χ3v) is 3.69. The molecule has 0 bridgehead atoms. The Morgan fingerprint density at radius 2 is 2.30 bits per heavy atom. The van der Waals surface area contributed by atoms with Crippen LogP contribution in [0.3, 0.4) is 0 Å². The van der Waals surface area contributed by atoms with E-state index >= 15 is 0 Å². The van der Waals surface area contributed by atoms with Gasteiger partial charge in [-0.25, -0.2) is 0 Å². The number of benzene rings is 1. The first-order valence-electron chi connectivity index (χ1n) is 6.76. The van der Waals surface area contributed by atoms with Crippen molar-refractivity contribution < 1.29 is 9.90 Å². The van der Waals surface area contributed by atoms with Gasteiger partial charge in [0.1, 0.15) is 0 Å². The second-order valence-corrected chi connectivity index (χ2v) is 5.11. The number of pyridine rings is 1. The molecule has 20 heavy (non-hydrogen) atoms. The summed E-state index contributed by atoms with van der Waals surface area (Å²) >= 11 is 0. The Bertz CT molecular complexity index is 629. The number of carbonyl (C=O) groups is 1. The van der Waals surface area contributed by atoms with Crippen molar-refractivity contribution in [1.82, 2.24) is 15.6 Å². The van der Waals surface area contributed by atoms with Crippen molar-refractivity contribution in [2.75, 3.05) is 19.6 Å². The van der Waals surface area contributed by atoms with Crippen LogP contribution in [0.4, 0.5) is 0 Å². The van der Waals surface area contributed by atoms with Gasteiger partial charge in [-0.3, -0.25) is 9.78 Å². The van der Waals surface area contributed by atoms with Gasteiger partial charge in [-0.2, -0.15) is 0 Å². The summed E-state index contributed by atoms with van der Waals surface area (Å²) in [7, 11) is 0. The summed E-state index contributed by atoms with van der Waals surface area (Å²) < 4.78 is 0. The van der Waals surface area contributed by atoms with Crippen molar-refractivity contribution in [2.45, 2.75) is 6.10 Å². The molecule has 5 heteroatoms. The molecule has 1 aromatic carbocycles. The number of amides is 1. The third kappa shape index (κ3) is 2.64. The van der Waals surface area contributed by atoms with Crippen molar-refractivity contribution in [3.63, 3.8) is 0 Å². The molecule has 0 radical (unpaired) electrons. The fourth-order valence-electron chi connectivity index (χ4n) is 2.47. The van der Waals surface area contributed by atoms with Crippen LogP contribution in [0.1, 0.15) is 10.4 Å². The predicted octanol–water partition coefficient (Wildman–Crippen LogP) is 0.545. The zero-order valence-electron chi connectivity index (χ0n) is 11.0. The monoisotopic (exact) mass is 271 g/mol. The van der Waals surface area contributed by atoms with Crippen molar-refractivity contribution in [2.24, 2.45) is 5.92 Å². The van der Waals surface area contributed by atoms with Gasteiger partial charge in [-0.05, 0) is 24.3 Å². The van der Waals surface area contributed by atoms with E-state index in [-0.39, 0.29) is 17.9 Å². The van der Waals surface area contributed by atoms with E-state index in [9.17, 15) is 9.90 Å². The number of β-amino-alcohol motifs (C(OH)–C–C–N with tert-alkyl or cyclic N) is 1. The lowest BCUT2D eigenvalue weighted by atomic mass is 10.1. The van der Waals surface area contributed by atoms with Gasteiger partial charge in [0.2, 0.25) is 0 Å². The molecule has 2 heterocycles. The number of carbonyl (C=O) groups excluding carboxylic acids is 1. The van der Waals surface area contributed by atoms with Crippen LogP contribution in [0.5, 0.6) is 0 Å². The predicted molar refractivity (Wildman–Crippen MR) is 76.4 cm³/mol. The molecule has 2 unspecified atom stereocenters. The lowest BCUT2D eigenvalue weighted by Gasteiger charge is -2.14. The van der Waals surface area contributed by atoms with Gasteiger partial charge in [-0.1, -0.05) is 6.07 Å². The van der Waals surface area contributed by atoms with Crippen LogP contribution in [0.15, 0.2) is 36.5 Å². The molecule has 1 aliphatic heterocycles. The smallest absolute Gasteiger partial charge is 0.251 e. The van der Waals surface area contributed by atoms with E-state index in [4.69, 9.17) is 0 Å². The summed E-state index contributed by atoms with van der Waals surface area (Å²) in [6, 6.07) is 9.24. The molecule has 3 rings (SSSR count). The molecule has 104 valence electrons. The summed E-state index contributed by atoms with van der Waals surface area (Å²) in [5, 5.41) is 16.6. The van der Waals surface area contributed by atoms with E-state index in [1.807, 2.05) is 24.3 Å². The van der Waals surface area contributed by atoms with E-state index in [0.29, 0.717) is 18.7 Å². The third-order valence-electron chi connectivity index (χ3n) is 3.69. The van der Waals surface area contributed by atoms with E-state index < -0.39 is 0 Å². The molecule has 3 N–H and O–H groups in total. The maximum atomic E-state index is 12.1. The van der Waals surface area contributed by atoms with Crippen molar-refractivity contribution in [3.8, 4) is 0 Å². The van der Waals surface area contributed by atoms with E-state index in [2.05, 4.69) is 15.6 Å². The minimum absolute atomic E-state index is 0.0843. The number of nitrogens with zero attached hydrogens (tertiary/aromatic N) is 1. The van der Waals surface area contributed by atoms with Crippen LogP contribution in [0.2, 0.25) is 0 Å². The normalized spacial score (nSPS) is 22.1. The first-order chi connectivity index (χ1) is 9.74. The average molecular weight is 271 g/mol. The molecule has 1 amide bonds. The van der Waals surface area contributed by atoms with Crippen LogP contribution >= 0.6 is 0 Å². The number of hydrogen-bond donors (Lipinski definition) is 3. The Labute approximate surface area is 117 Å². The summed E-state index contributed by atoms with van der Waals surface area (Å²) in [5.74, 6) is -0.0315. The van der Waals surface area contributed by atoms with E-state index in [1.165, 1.54) is 0 Å². The molecular formula is C15H17N3O2. The van der Waals surface area contributed by atoms with Crippen LogP contribution in [-0.4, -0.2) is 41.7 Å². The number of aromatic nitrogens is 1. The molecule has 0 aliphatic carbocycles. The van der Waals surface area contributed by atoms with Crippen molar-refractivity contribution in [1.29, 1.82) is 0 Å². The van der Waals surface area contributed by atoms with Gasteiger partial charge in [0, 0.05) is 42.7 Å².